The number of carbonyl (C=O) groups is 1. The molecule has 0 heterocycles. The quantitative estimate of drug-likeness (QED) is 0.658. The fourth-order valence-electron chi connectivity index (χ4n) is 1.30. The molecule has 0 radical (unpaired) electrons. The Morgan fingerprint density at radius 2 is 2.12 bits per heavy atom. The van der Waals surface area contributed by atoms with Gasteiger partial charge < -0.3 is 21.7 Å². The van der Waals surface area contributed by atoms with E-state index in [1.807, 2.05) is 14.1 Å². The second-order valence-corrected chi connectivity index (χ2v) is 4.36. The molecule has 0 fully saturated rings. The smallest absolute Gasteiger partial charge is 0.248 e. The number of anilines is 2. The van der Waals surface area contributed by atoms with Crippen molar-refractivity contribution in [3.63, 3.8) is 0 Å². The van der Waals surface area contributed by atoms with Crippen molar-refractivity contribution in [3.05, 3.63) is 23.8 Å². The number of hydrogen-bond donors (Lipinski definition) is 3. The molecule has 17 heavy (non-hydrogen) atoms. The average Bonchev–Trinajstić information content (AvgIpc) is 2.26. The summed E-state index contributed by atoms with van der Waals surface area (Å²) in [6.45, 7) is 2.85. The lowest BCUT2D eigenvalue weighted by Gasteiger charge is -2.21. The van der Waals surface area contributed by atoms with Crippen molar-refractivity contribution in [2.75, 3.05) is 31.7 Å². The number of rotatable bonds is 5. The van der Waals surface area contributed by atoms with Crippen molar-refractivity contribution in [1.82, 2.24) is 4.90 Å². The second kappa shape index (κ2) is 5.54. The third kappa shape index (κ3) is 3.64. The van der Waals surface area contributed by atoms with Gasteiger partial charge in [-0.15, -0.1) is 0 Å². The monoisotopic (exact) mass is 236 g/mol. The Labute approximate surface area is 102 Å². The summed E-state index contributed by atoms with van der Waals surface area (Å²) in [5.41, 5.74) is 12.9. The van der Waals surface area contributed by atoms with Gasteiger partial charge in [-0.25, -0.2) is 0 Å². The van der Waals surface area contributed by atoms with Crippen LogP contribution in [0.3, 0.4) is 0 Å². The molecule has 1 aromatic carbocycles. The van der Waals surface area contributed by atoms with Gasteiger partial charge in [-0.3, -0.25) is 4.79 Å². The zero-order chi connectivity index (χ0) is 13.0. The summed E-state index contributed by atoms with van der Waals surface area (Å²) in [6, 6.07) is 5.35. The van der Waals surface area contributed by atoms with Gasteiger partial charge in [0.25, 0.3) is 0 Å². The molecule has 1 unspecified atom stereocenters. The van der Waals surface area contributed by atoms with Crippen LogP contribution in [0, 0.1) is 0 Å². The maximum absolute atomic E-state index is 11.1. The zero-order valence-corrected chi connectivity index (χ0v) is 10.5. The van der Waals surface area contributed by atoms with Gasteiger partial charge in [0.15, 0.2) is 0 Å². The number of nitrogens with zero attached hydrogens (tertiary/aromatic N) is 1. The lowest BCUT2D eigenvalue weighted by atomic mass is 10.1. The SMILES string of the molecule is CC(CNc1cc(C(N)=O)ccc1N)N(C)C. The van der Waals surface area contributed by atoms with E-state index in [-0.39, 0.29) is 0 Å². The Balaban J connectivity index is 2.76. The van der Waals surface area contributed by atoms with Gasteiger partial charge in [-0.05, 0) is 39.2 Å². The van der Waals surface area contributed by atoms with Crippen molar-refractivity contribution in [3.8, 4) is 0 Å². The third-order valence-electron chi connectivity index (χ3n) is 2.81. The maximum atomic E-state index is 11.1. The second-order valence-electron chi connectivity index (χ2n) is 4.36. The van der Waals surface area contributed by atoms with Gasteiger partial charge in [-0.1, -0.05) is 0 Å². The van der Waals surface area contributed by atoms with E-state index in [2.05, 4.69) is 17.1 Å². The standard InChI is InChI=1S/C12H20N4O/c1-8(16(2)3)7-15-11-6-9(12(14)17)4-5-10(11)13/h4-6,8,15H,7,13H2,1-3H3,(H2,14,17). The number of carbonyl (C=O) groups excluding carboxylic acids is 1. The lowest BCUT2D eigenvalue weighted by molar-refractivity contribution is 0.100. The molecule has 0 aliphatic carbocycles. The van der Waals surface area contributed by atoms with E-state index < -0.39 is 5.91 Å². The molecule has 5 N–H and O–H groups in total. The summed E-state index contributed by atoms with van der Waals surface area (Å²) in [4.78, 5) is 13.2. The van der Waals surface area contributed by atoms with Crippen molar-refractivity contribution in [2.24, 2.45) is 5.73 Å². The highest BCUT2D eigenvalue weighted by Crippen LogP contribution is 2.19. The summed E-state index contributed by atoms with van der Waals surface area (Å²) >= 11 is 0. The number of likely N-dealkylation sites (N-methyl/N-ethyl adjacent to an activating group) is 1. The highest BCUT2D eigenvalue weighted by atomic mass is 16.1. The number of primary amides is 1. The largest absolute Gasteiger partial charge is 0.397 e. The highest BCUT2D eigenvalue weighted by molar-refractivity contribution is 5.94. The Hall–Kier alpha value is -1.75. The number of benzene rings is 1. The normalized spacial score (nSPS) is 12.5. The molecule has 5 heteroatoms. The van der Waals surface area contributed by atoms with E-state index in [9.17, 15) is 4.79 Å². The summed E-state index contributed by atoms with van der Waals surface area (Å²) < 4.78 is 0. The van der Waals surface area contributed by atoms with Crippen LogP contribution in [0.25, 0.3) is 0 Å². The van der Waals surface area contributed by atoms with Crippen molar-refractivity contribution >= 4 is 17.3 Å². The average molecular weight is 236 g/mol. The van der Waals surface area contributed by atoms with Crippen molar-refractivity contribution < 1.29 is 4.79 Å². The number of hydrogen-bond acceptors (Lipinski definition) is 4. The van der Waals surface area contributed by atoms with Gasteiger partial charge >= 0.3 is 0 Å². The molecule has 0 bridgehead atoms. The van der Waals surface area contributed by atoms with Crippen LogP contribution in [0.15, 0.2) is 18.2 Å². The summed E-state index contributed by atoms with van der Waals surface area (Å²) in [7, 11) is 4.02. The molecule has 0 saturated carbocycles. The minimum Gasteiger partial charge on any atom is -0.397 e. The van der Waals surface area contributed by atoms with E-state index in [1.165, 1.54) is 0 Å². The zero-order valence-electron chi connectivity index (χ0n) is 10.5. The van der Waals surface area contributed by atoms with E-state index in [0.29, 0.717) is 17.3 Å². The Morgan fingerprint density at radius 3 is 2.65 bits per heavy atom. The van der Waals surface area contributed by atoms with Gasteiger partial charge in [0.2, 0.25) is 5.91 Å². The molecule has 0 aliphatic heterocycles. The molecular weight excluding hydrogens is 216 g/mol. The summed E-state index contributed by atoms with van der Waals surface area (Å²) in [5, 5.41) is 3.21. The molecule has 0 saturated heterocycles. The van der Waals surface area contributed by atoms with Gasteiger partial charge in [-0.2, -0.15) is 0 Å². The lowest BCUT2D eigenvalue weighted by Crippen LogP contribution is -2.31. The Kier molecular flexibility index (Phi) is 4.34. The Morgan fingerprint density at radius 1 is 1.47 bits per heavy atom. The van der Waals surface area contributed by atoms with Gasteiger partial charge in [0.1, 0.15) is 0 Å². The maximum Gasteiger partial charge on any atom is 0.248 e. The van der Waals surface area contributed by atoms with E-state index in [4.69, 9.17) is 11.5 Å². The molecule has 1 atom stereocenters. The molecule has 0 spiro atoms. The molecule has 0 aromatic heterocycles. The third-order valence-corrected chi connectivity index (χ3v) is 2.81. The van der Waals surface area contributed by atoms with Gasteiger partial charge in [0, 0.05) is 18.2 Å². The van der Waals surface area contributed by atoms with Crippen LogP contribution in [0.1, 0.15) is 17.3 Å². The topological polar surface area (TPSA) is 84.4 Å². The van der Waals surface area contributed by atoms with Crippen LogP contribution in [-0.4, -0.2) is 37.5 Å². The van der Waals surface area contributed by atoms with Crippen LogP contribution >= 0.6 is 0 Å². The predicted molar refractivity (Wildman–Crippen MR) is 71.0 cm³/mol. The number of amides is 1. The first-order valence-corrected chi connectivity index (χ1v) is 5.51. The highest BCUT2D eigenvalue weighted by Gasteiger charge is 2.07. The molecule has 94 valence electrons. The van der Waals surface area contributed by atoms with Crippen LogP contribution in [-0.2, 0) is 0 Å². The molecular formula is C12H20N4O. The minimum absolute atomic E-state index is 0.367. The first kappa shape index (κ1) is 13.3. The first-order valence-electron chi connectivity index (χ1n) is 5.51. The fraction of sp³-hybridized carbons (Fsp3) is 0.417. The summed E-state index contributed by atoms with van der Waals surface area (Å²) in [6.07, 6.45) is 0. The van der Waals surface area contributed by atoms with Crippen LogP contribution in [0.5, 0.6) is 0 Å². The predicted octanol–water partition coefficient (Wildman–Crippen LogP) is 0.730. The molecule has 1 aromatic rings. The molecule has 0 aliphatic rings. The van der Waals surface area contributed by atoms with Crippen LogP contribution < -0.4 is 16.8 Å². The number of nitrogens with one attached hydrogen (secondary N) is 1. The molecule has 1 amide bonds. The van der Waals surface area contributed by atoms with Crippen LogP contribution in [0.4, 0.5) is 11.4 Å². The molecule has 5 nitrogen and oxygen atoms in total. The number of nitrogen functional groups attached to an aromatic ring is 1. The fourth-order valence-corrected chi connectivity index (χ4v) is 1.30. The molecule has 1 rings (SSSR count). The first-order chi connectivity index (χ1) is 7.91. The van der Waals surface area contributed by atoms with Gasteiger partial charge in [0.05, 0.1) is 11.4 Å². The Bertz CT molecular complexity index is 403. The van der Waals surface area contributed by atoms with E-state index in [1.54, 1.807) is 18.2 Å². The van der Waals surface area contributed by atoms with Crippen molar-refractivity contribution in [1.29, 1.82) is 0 Å². The van der Waals surface area contributed by atoms with E-state index >= 15 is 0 Å². The van der Waals surface area contributed by atoms with Crippen molar-refractivity contribution in [2.45, 2.75) is 13.0 Å². The van der Waals surface area contributed by atoms with Crippen LogP contribution in [0.2, 0.25) is 0 Å². The summed E-state index contributed by atoms with van der Waals surface area (Å²) in [5.74, 6) is -0.450. The minimum atomic E-state index is -0.450. The number of nitrogens with two attached hydrogens (primary N) is 2. The van der Waals surface area contributed by atoms with E-state index in [0.717, 1.165) is 12.2 Å².